The van der Waals surface area contributed by atoms with E-state index in [0.717, 1.165) is 31.6 Å². The zero-order valence-electron chi connectivity index (χ0n) is 11.7. The van der Waals surface area contributed by atoms with E-state index < -0.39 is 0 Å². The van der Waals surface area contributed by atoms with Crippen molar-refractivity contribution in [2.75, 3.05) is 25.5 Å². The van der Waals surface area contributed by atoms with E-state index in [1.165, 1.54) is 0 Å². The summed E-state index contributed by atoms with van der Waals surface area (Å²) in [5, 5.41) is 3.00. The Bertz CT molecular complexity index is 465. The minimum atomic E-state index is -0.0890. The third-order valence-corrected chi connectivity index (χ3v) is 3.94. The number of nitrogen functional groups attached to an aromatic ring is 1. The highest BCUT2D eigenvalue weighted by molar-refractivity contribution is 5.99. The van der Waals surface area contributed by atoms with Crippen molar-refractivity contribution in [1.29, 1.82) is 0 Å². The Labute approximate surface area is 114 Å². The molecule has 19 heavy (non-hydrogen) atoms. The minimum absolute atomic E-state index is 0.0890. The summed E-state index contributed by atoms with van der Waals surface area (Å²) in [5.41, 5.74) is 8.14. The quantitative estimate of drug-likeness (QED) is 0.820. The number of para-hydroxylation sites is 1. The number of nitrogens with one attached hydrogen (secondary N) is 1. The van der Waals surface area contributed by atoms with Crippen LogP contribution in [0.4, 0.5) is 5.69 Å². The largest absolute Gasteiger partial charge is 0.398 e. The third kappa shape index (κ3) is 3.26. The van der Waals surface area contributed by atoms with Crippen LogP contribution in [0.25, 0.3) is 0 Å². The summed E-state index contributed by atoms with van der Waals surface area (Å²) in [6, 6.07) is 5.53. The number of carbonyl (C=O) groups excluding carboxylic acids is 1. The van der Waals surface area contributed by atoms with Crippen molar-refractivity contribution in [3.63, 3.8) is 0 Å². The molecule has 3 N–H and O–H groups in total. The SMILES string of the molecule is Cc1cccc(C(=O)NCC2(C)CCOCC2)c1N. The lowest BCUT2D eigenvalue weighted by molar-refractivity contribution is 0.0238. The molecule has 1 aliphatic rings. The molecule has 0 saturated carbocycles. The maximum absolute atomic E-state index is 12.2. The molecule has 1 fully saturated rings. The zero-order valence-corrected chi connectivity index (χ0v) is 11.7. The molecule has 1 aliphatic heterocycles. The van der Waals surface area contributed by atoms with E-state index in [-0.39, 0.29) is 11.3 Å². The van der Waals surface area contributed by atoms with Gasteiger partial charge in [-0.25, -0.2) is 0 Å². The van der Waals surface area contributed by atoms with Gasteiger partial charge in [-0.2, -0.15) is 0 Å². The fourth-order valence-corrected chi connectivity index (χ4v) is 2.31. The average molecular weight is 262 g/mol. The van der Waals surface area contributed by atoms with Crippen molar-refractivity contribution in [3.05, 3.63) is 29.3 Å². The minimum Gasteiger partial charge on any atom is -0.398 e. The van der Waals surface area contributed by atoms with Crippen LogP contribution in [0.3, 0.4) is 0 Å². The molecule has 1 aromatic rings. The molecular formula is C15H22N2O2. The number of benzene rings is 1. The molecule has 2 rings (SSSR count). The van der Waals surface area contributed by atoms with Crippen molar-refractivity contribution >= 4 is 11.6 Å². The number of hydrogen-bond acceptors (Lipinski definition) is 3. The van der Waals surface area contributed by atoms with Crippen LogP contribution >= 0.6 is 0 Å². The molecule has 1 heterocycles. The van der Waals surface area contributed by atoms with Gasteiger partial charge in [-0.15, -0.1) is 0 Å². The first-order valence-corrected chi connectivity index (χ1v) is 6.73. The Morgan fingerprint density at radius 1 is 1.42 bits per heavy atom. The summed E-state index contributed by atoms with van der Waals surface area (Å²) in [6.07, 6.45) is 1.97. The van der Waals surface area contributed by atoms with Gasteiger partial charge in [-0.1, -0.05) is 19.1 Å². The van der Waals surface area contributed by atoms with Crippen LogP contribution in [-0.4, -0.2) is 25.7 Å². The Balaban J connectivity index is 1.99. The fourth-order valence-electron chi connectivity index (χ4n) is 2.31. The summed E-state index contributed by atoms with van der Waals surface area (Å²) in [6.45, 7) is 6.32. The van der Waals surface area contributed by atoms with E-state index in [1.807, 2.05) is 19.1 Å². The van der Waals surface area contributed by atoms with Crippen LogP contribution in [-0.2, 0) is 4.74 Å². The zero-order chi connectivity index (χ0) is 13.9. The second-order valence-corrected chi connectivity index (χ2v) is 5.64. The molecule has 104 valence electrons. The lowest BCUT2D eigenvalue weighted by Crippen LogP contribution is -2.39. The molecule has 0 aromatic heterocycles. The normalized spacial score (nSPS) is 18.0. The predicted octanol–water partition coefficient (Wildman–Crippen LogP) is 2.12. The van der Waals surface area contributed by atoms with Crippen LogP contribution in [0.5, 0.6) is 0 Å². The van der Waals surface area contributed by atoms with Gasteiger partial charge < -0.3 is 15.8 Å². The lowest BCUT2D eigenvalue weighted by Gasteiger charge is -2.33. The van der Waals surface area contributed by atoms with Crippen LogP contribution < -0.4 is 11.1 Å². The monoisotopic (exact) mass is 262 g/mol. The highest BCUT2D eigenvalue weighted by Gasteiger charge is 2.28. The summed E-state index contributed by atoms with van der Waals surface area (Å²) < 4.78 is 5.36. The van der Waals surface area contributed by atoms with E-state index in [4.69, 9.17) is 10.5 Å². The van der Waals surface area contributed by atoms with Crippen LogP contribution in [0.1, 0.15) is 35.7 Å². The topological polar surface area (TPSA) is 64.3 Å². The summed E-state index contributed by atoms with van der Waals surface area (Å²) in [7, 11) is 0. The lowest BCUT2D eigenvalue weighted by atomic mass is 9.82. The maximum Gasteiger partial charge on any atom is 0.253 e. The van der Waals surface area contributed by atoms with Gasteiger partial charge in [-0.05, 0) is 36.8 Å². The highest BCUT2D eigenvalue weighted by Crippen LogP contribution is 2.28. The Morgan fingerprint density at radius 2 is 2.11 bits per heavy atom. The maximum atomic E-state index is 12.2. The van der Waals surface area contributed by atoms with Gasteiger partial charge in [0.25, 0.3) is 5.91 Å². The number of carbonyl (C=O) groups is 1. The van der Waals surface area contributed by atoms with Gasteiger partial charge in [0, 0.05) is 25.4 Å². The van der Waals surface area contributed by atoms with Gasteiger partial charge in [-0.3, -0.25) is 4.79 Å². The second-order valence-electron chi connectivity index (χ2n) is 5.64. The van der Waals surface area contributed by atoms with Crippen LogP contribution in [0.15, 0.2) is 18.2 Å². The number of anilines is 1. The molecule has 1 aromatic carbocycles. The van der Waals surface area contributed by atoms with Gasteiger partial charge >= 0.3 is 0 Å². The first-order valence-electron chi connectivity index (χ1n) is 6.73. The van der Waals surface area contributed by atoms with Crippen LogP contribution in [0, 0.1) is 12.3 Å². The van der Waals surface area contributed by atoms with Crippen molar-refractivity contribution in [2.24, 2.45) is 5.41 Å². The van der Waals surface area contributed by atoms with Gasteiger partial charge in [0.05, 0.1) is 5.56 Å². The van der Waals surface area contributed by atoms with Gasteiger partial charge in [0.15, 0.2) is 0 Å². The first kappa shape index (κ1) is 13.9. The third-order valence-electron chi connectivity index (χ3n) is 3.94. The predicted molar refractivity (Wildman–Crippen MR) is 76.1 cm³/mol. The number of aryl methyl sites for hydroxylation is 1. The molecule has 0 unspecified atom stereocenters. The molecule has 1 amide bonds. The van der Waals surface area contributed by atoms with Crippen molar-refractivity contribution in [3.8, 4) is 0 Å². The first-order chi connectivity index (χ1) is 9.02. The molecule has 0 bridgehead atoms. The van der Waals surface area contributed by atoms with Crippen molar-refractivity contribution in [2.45, 2.75) is 26.7 Å². The Morgan fingerprint density at radius 3 is 2.79 bits per heavy atom. The number of ether oxygens (including phenoxy) is 1. The van der Waals surface area contributed by atoms with Crippen molar-refractivity contribution < 1.29 is 9.53 Å². The molecule has 0 spiro atoms. The molecule has 0 aliphatic carbocycles. The van der Waals surface area contributed by atoms with E-state index in [2.05, 4.69) is 12.2 Å². The van der Waals surface area contributed by atoms with Gasteiger partial charge in [0.1, 0.15) is 0 Å². The van der Waals surface area contributed by atoms with E-state index in [9.17, 15) is 4.79 Å². The molecule has 1 saturated heterocycles. The summed E-state index contributed by atoms with van der Waals surface area (Å²) >= 11 is 0. The van der Waals surface area contributed by atoms with Gasteiger partial charge in [0.2, 0.25) is 0 Å². The van der Waals surface area contributed by atoms with E-state index in [1.54, 1.807) is 6.07 Å². The van der Waals surface area contributed by atoms with Crippen molar-refractivity contribution in [1.82, 2.24) is 5.32 Å². The fraction of sp³-hybridized carbons (Fsp3) is 0.533. The highest BCUT2D eigenvalue weighted by atomic mass is 16.5. The van der Waals surface area contributed by atoms with Crippen LogP contribution in [0.2, 0.25) is 0 Å². The molecule has 4 nitrogen and oxygen atoms in total. The Hall–Kier alpha value is -1.55. The molecule has 4 heteroatoms. The number of hydrogen-bond donors (Lipinski definition) is 2. The molecule has 0 radical (unpaired) electrons. The Kier molecular flexibility index (Phi) is 4.10. The van der Waals surface area contributed by atoms with E-state index in [0.29, 0.717) is 17.8 Å². The van der Waals surface area contributed by atoms with E-state index >= 15 is 0 Å². The summed E-state index contributed by atoms with van der Waals surface area (Å²) in [5.74, 6) is -0.0890. The summed E-state index contributed by atoms with van der Waals surface area (Å²) in [4.78, 5) is 12.2. The average Bonchev–Trinajstić information content (AvgIpc) is 2.40. The molecular weight excluding hydrogens is 240 g/mol. The standard InChI is InChI=1S/C15H22N2O2/c1-11-4-3-5-12(13(11)16)14(18)17-10-15(2)6-8-19-9-7-15/h3-5H,6-10,16H2,1-2H3,(H,17,18). The number of rotatable bonds is 3. The second kappa shape index (κ2) is 5.61. The number of nitrogens with two attached hydrogens (primary N) is 1. The smallest absolute Gasteiger partial charge is 0.253 e. The number of amides is 1. The molecule has 0 atom stereocenters.